The molecule has 12 heavy (non-hydrogen) atoms. The van der Waals surface area contributed by atoms with Gasteiger partial charge in [0, 0.05) is 0 Å². The Hall–Kier alpha value is 0.415. The van der Waals surface area contributed by atoms with Crippen LogP contribution in [0.5, 0.6) is 0 Å². The molecule has 1 aromatic carbocycles. The summed E-state index contributed by atoms with van der Waals surface area (Å²) in [5, 5.41) is 0. The summed E-state index contributed by atoms with van der Waals surface area (Å²) in [4.78, 5) is 0. The molecule has 0 amide bonds. The van der Waals surface area contributed by atoms with Gasteiger partial charge in [0.25, 0.3) is 0 Å². The van der Waals surface area contributed by atoms with Gasteiger partial charge in [0.2, 0.25) is 0 Å². The average Bonchev–Trinajstić information content (AvgIpc) is 2.02. The number of hydrogen-bond donors (Lipinski definition) is 1. The first kappa shape index (κ1) is 10.5. The summed E-state index contributed by atoms with van der Waals surface area (Å²) in [6.07, 6.45) is 0. The van der Waals surface area contributed by atoms with Gasteiger partial charge in [0.1, 0.15) is 0 Å². The minimum absolute atomic E-state index is 0.737. The summed E-state index contributed by atoms with van der Waals surface area (Å²) in [7, 11) is -3.07. The molecule has 0 atom stereocenters. The molecular weight excluding hydrogens is 385 g/mol. The van der Waals surface area contributed by atoms with Crippen LogP contribution in [0.4, 0.5) is 0 Å². The molecule has 6 heteroatoms. The molecule has 3 nitrogen and oxygen atoms in total. The molecule has 0 fully saturated rings. The van der Waals surface area contributed by atoms with Gasteiger partial charge in [-0.3, -0.25) is 0 Å². The zero-order valence-corrected chi connectivity index (χ0v) is 13.3. The Labute approximate surface area is 85.3 Å². The van der Waals surface area contributed by atoms with Crippen LogP contribution in [-0.4, -0.2) is 13.0 Å². The molecule has 0 unspecified atom stereocenters. The van der Waals surface area contributed by atoms with E-state index >= 15 is 0 Å². The van der Waals surface area contributed by atoms with Crippen LogP contribution < -0.4 is 3.07 Å². The van der Waals surface area contributed by atoms with E-state index in [1.807, 2.05) is 30.3 Å². The van der Waals surface area contributed by atoms with Gasteiger partial charge in [-0.25, -0.2) is 0 Å². The quantitative estimate of drug-likeness (QED) is 0.472. The van der Waals surface area contributed by atoms with Crippen LogP contribution in [-0.2, 0) is 32.2 Å². The van der Waals surface area contributed by atoms with Crippen LogP contribution in [0, 0.1) is 0 Å². The van der Waals surface area contributed by atoms with Gasteiger partial charge in [0.15, 0.2) is 0 Å². The molecule has 0 aliphatic heterocycles. The summed E-state index contributed by atoms with van der Waals surface area (Å²) < 4.78 is 30.3. The molecule has 0 saturated carbocycles. The van der Waals surface area contributed by atoms with Gasteiger partial charge in [-0.1, -0.05) is 0 Å². The zero-order chi connectivity index (χ0) is 9.03. The fourth-order valence-electron chi connectivity index (χ4n) is 0.717. The van der Waals surface area contributed by atoms with E-state index in [4.69, 9.17) is 4.55 Å². The SMILES string of the molecule is O=S(=O)(O)[S][Hg][c]1ccccc1. The second-order valence-electron chi connectivity index (χ2n) is 2.18. The van der Waals surface area contributed by atoms with Crippen molar-refractivity contribution in [1.82, 2.24) is 0 Å². The van der Waals surface area contributed by atoms with E-state index in [0.717, 1.165) is 10.3 Å². The van der Waals surface area contributed by atoms with E-state index in [1.165, 1.54) is 0 Å². The molecule has 0 aromatic heterocycles. The zero-order valence-electron chi connectivity index (χ0n) is 6.17. The van der Waals surface area contributed by atoms with Crippen molar-refractivity contribution in [2.24, 2.45) is 0 Å². The fourth-order valence-corrected chi connectivity index (χ4v) is 15.3. The summed E-state index contributed by atoms with van der Waals surface area (Å²) in [6, 6.07) is 9.44. The van der Waals surface area contributed by atoms with Gasteiger partial charge in [-0.2, -0.15) is 0 Å². The topological polar surface area (TPSA) is 54.4 Å². The molecule has 0 radical (unpaired) electrons. The van der Waals surface area contributed by atoms with Crippen molar-refractivity contribution in [3.63, 3.8) is 0 Å². The molecule has 0 spiro atoms. The van der Waals surface area contributed by atoms with Crippen LogP contribution in [0.15, 0.2) is 30.3 Å². The van der Waals surface area contributed by atoms with Crippen LogP contribution in [0.25, 0.3) is 0 Å². The molecule has 0 bridgehead atoms. The van der Waals surface area contributed by atoms with Crippen molar-refractivity contribution in [3.05, 3.63) is 30.3 Å². The molecule has 1 aromatic rings. The van der Waals surface area contributed by atoms with Crippen molar-refractivity contribution in [1.29, 1.82) is 0 Å². The van der Waals surface area contributed by atoms with Gasteiger partial charge in [-0.05, 0) is 0 Å². The monoisotopic (exact) mass is 392 g/mol. The van der Waals surface area contributed by atoms with Crippen molar-refractivity contribution in [2.75, 3.05) is 0 Å². The Balaban J connectivity index is 2.56. The van der Waals surface area contributed by atoms with E-state index in [9.17, 15) is 8.42 Å². The van der Waals surface area contributed by atoms with Crippen LogP contribution >= 0.6 is 7.27 Å². The standard InChI is InChI=1S/C6H5.Hg.H2O3S2/c1-2-4-6-5-3-1;;1-5(2,3)4/h1-5H;;(H2,1,2,3,4)/q;+1;/p-1. The van der Waals surface area contributed by atoms with Gasteiger partial charge in [-0.15, -0.1) is 0 Å². The Morgan fingerprint density at radius 1 is 1.25 bits per heavy atom. The van der Waals surface area contributed by atoms with E-state index < -0.39 is 32.2 Å². The number of rotatable bonds is 3. The predicted octanol–water partition coefficient (Wildman–Crippen LogP) is 0.845. The fraction of sp³-hybridized carbons (Fsp3) is 0. The minimum atomic E-state index is -3.81. The maximum atomic E-state index is 10.4. The Morgan fingerprint density at radius 3 is 2.33 bits per heavy atom. The summed E-state index contributed by atoms with van der Waals surface area (Å²) >= 11 is -1.67. The van der Waals surface area contributed by atoms with Crippen molar-refractivity contribution in [3.8, 4) is 0 Å². The third-order valence-electron chi connectivity index (χ3n) is 1.22. The van der Waals surface area contributed by atoms with Gasteiger partial charge >= 0.3 is 85.9 Å². The molecular formula is C6H6HgO3S2. The summed E-state index contributed by atoms with van der Waals surface area (Å²) in [5.74, 6) is 0. The molecule has 62 valence electrons. The van der Waals surface area contributed by atoms with Gasteiger partial charge in [0.05, 0.1) is 0 Å². The number of hydrogen-bond acceptors (Lipinski definition) is 3. The van der Waals surface area contributed by atoms with Gasteiger partial charge < -0.3 is 0 Å². The van der Waals surface area contributed by atoms with E-state index in [0.29, 0.717) is 0 Å². The van der Waals surface area contributed by atoms with Crippen molar-refractivity contribution < 1.29 is 36.0 Å². The molecule has 0 heterocycles. The van der Waals surface area contributed by atoms with E-state index in [1.54, 1.807) is 0 Å². The maximum absolute atomic E-state index is 10.4. The second-order valence-corrected chi connectivity index (χ2v) is 20.3. The number of benzene rings is 1. The van der Waals surface area contributed by atoms with E-state index in [2.05, 4.69) is 0 Å². The van der Waals surface area contributed by atoms with Crippen LogP contribution in [0.2, 0.25) is 0 Å². The molecule has 1 rings (SSSR count). The predicted molar refractivity (Wildman–Crippen MR) is 45.2 cm³/mol. The first-order valence-electron chi connectivity index (χ1n) is 3.24. The molecule has 1 N–H and O–H groups in total. The van der Waals surface area contributed by atoms with Crippen molar-refractivity contribution >= 4 is 19.5 Å². The van der Waals surface area contributed by atoms with Crippen LogP contribution in [0.3, 0.4) is 0 Å². The Bertz CT molecular complexity index is 335. The molecule has 0 saturated heterocycles. The summed E-state index contributed by atoms with van der Waals surface area (Å²) in [5.41, 5.74) is 0. The van der Waals surface area contributed by atoms with E-state index in [-0.39, 0.29) is 0 Å². The normalized spacial score (nSPS) is 10.8. The second kappa shape index (κ2) is 4.60. The van der Waals surface area contributed by atoms with Crippen LogP contribution in [0.1, 0.15) is 0 Å². The molecule has 0 aliphatic carbocycles. The Kier molecular flexibility index (Phi) is 4.02. The first-order valence-corrected chi connectivity index (χ1v) is 15.7. The summed E-state index contributed by atoms with van der Waals surface area (Å²) in [6.45, 7) is 0. The Morgan fingerprint density at radius 2 is 1.83 bits per heavy atom. The third-order valence-corrected chi connectivity index (χ3v) is 23.5. The van der Waals surface area contributed by atoms with Crippen molar-refractivity contribution in [2.45, 2.75) is 0 Å². The first-order chi connectivity index (χ1) is 5.58. The average molecular weight is 391 g/mol. The molecule has 0 aliphatic rings. The third kappa shape index (κ3) is 4.44.